The third kappa shape index (κ3) is 4.36. The van der Waals surface area contributed by atoms with Crippen LogP contribution >= 0.6 is 11.6 Å². The first-order valence-electron chi connectivity index (χ1n) is 8.52. The van der Waals surface area contributed by atoms with Crippen LogP contribution in [-0.2, 0) is 19.4 Å². The van der Waals surface area contributed by atoms with Crippen molar-refractivity contribution in [1.82, 2.24) is 5.32 Å². The topological polar surface area (TPSA) is 127 Å². The third-order valence-corrected chi connectivity index (χ3v) is 6.39. The van der Waals surface area contributed by atoms with Crippen LogP contribution < -0.4 is 10.1 Å². The lowest BCUT2D eigenvalue weighted by Gasteiger charge is -2.17. The Hall–Kier alpha value is -2.39. The molecule has 0 spiro atoms. The molecule has 0 aliphatic heterocycles. The average Bonchev–Trinajstić information content (AvgIpc) is 2.66. The highest BCUT2D eigenvalue weighted by molar-refractivity contribution is 7.91. The van der Waals surface area contributed by atoms with Crippen LogP contribution in [0.3, 0.4) is 0 Å². The number of aliphatic hydroxyl groups is 1. The van der Waals surface area contributed by atoms with Crippen LogP contribution in [-0.4, -0.2) is 50.4 Å². The molecule has 0 radical (unpaired) electrons. The predicted octanol–water partition coefficient (Wildman–Crippen LogP) is 2.01. The minimum atomic E-state index is -3.78. The van der Waals surface area contributed by atoms with Crippen molar-refractivity contribution in [2.45, 2.75) is 31.1 Å². The molecule has 0 saturated carbocycles. The van der Waals surface area contributed by atoms with E-state index in [2.05, 4.69) is 5.32 Å². The zero-order valence-corrected chi connectivity index (χ0v) is 16.9. The molecule has 8 nitrogen and oxygen atoms in total. The minimum absolute atomic E-state index is 0.116. The second kappa shape index (κ2) is 8.74. The van der Waals surface area contributed by atoms with Gasteiger partial charge in [0.2, 0.25) is 5.78 Å². The summed E-state index contributed by atoms with van der Waals surface area (Å²) in [6, 6.07) is 2.31. The molecule has 1 aliphatic rings. The molecule has 0 atom stereocenters. The van der Waals surface area contributed by atoms with Crippen molar-refractivity contribution in [3.05, 3.63) is 34.1 Å². The van der Waals surface area contributed by atoms with E-state index in [-0.39, 0.29) is 51.2 Å². The maximum atomic E-state index is 12.8. The van der Waals surface area contributed by atoms with Gasteiger partial charge in [0.25, 0.3) is 5.91 Å². The minimum Gasteiger partial charge on any atom is -0.511 e. The zero-order chi connectivity index (χ0) is 21.1. The Morgan fingerprint density at radius 3 is 2.54 bits per heavy atom. The molecule has 0 bridgehead atoms. The van der Waals surface area contributed by atoms with E-state index < -0.39 is 33.9 Å². The number of allylic oxidation sites excluding steroid dienone is 2. The number of rotatable bonds is 7. The highest BCUT2D eigenvalue weighted by Gasteiger charge is 2.31. The molecule has 0 unspecified atom stereocenters. The number of aliphatic hydroxyl groups excluding tert-OH is 1. The monoisotopic (exact) mass is 429 g/mol. The van der Waals surface area contributed by atoms with Crippen molar-refractivity contribution in [3.8, 4) is 5.75 Å². The van der Waals surface area contributed by atoms with Gasteiger partial charge in [-0.3, -0.25) is 14.4 Å². The van der Waals surface area contributed by atoms with E-state index in [9.17, 15) is 27.9 Å². The van der Waals surface area contributed by atoms with E-state index >= 15 is 0 Å². The van der Waals surface area contributed by atoms with Crippen LogP contribution in [0.1, 0.15) is 36.5 Å². The first-order valence-corrected chi connectivity index (χ1v) is 10.6. The number of hydrogen-bond acceptors (Lipinski definition) is 7. The number of carbonyl (C=O) groups excluding carboxylic acids is 3. The van der Waals surface area contributed by atoms with Crippen LogP contribution in [0.2, 0.25) is 5.02 Å². The number of sulfone groups is 1. The zero-order valence-electron chi connectivity index (χ0n) is 15.4. The van der Waals surface area contributed by atoms with Gasteiger partial charge in [-0.05, 0) is 18.6 Å². The Labute approximate surface area is 167 Å². The van der Waals surface area contributed by atoms with Crippen molar-refractivity contribution < 1.29 is 32.6 Å². The number of carbonyl (C=O) groups is 3. The number of benzene rings is 1. The molecule has 28 heavy (non-hydrogen) atoms. The van der Waals surface area contributed by atoms with Gasteiger partial charge in [0.05, 0.1) is 10.8 Å². The quantitative estimate of drug-likeness (QED) is 0.501. The van der Waals surface area contributed by atoms with Crippen molar-refractivity contribution in [1.29, 1.82) is 0 Å². The van der Waals surface area contributed by atoms with E-state index in [0.717, 1.165) is 6.07 Å². The van der Waals surface area contributed by atoms with Crippen molar-refractivity contribution >= 4 is 38.9 Å². The highest BCUT2D eigenvalue weighted by atomic mass is 35.5. The van der Waals surface area contributed by atoms with Crippen LogP contribution in [0.25, 0.3) is 0 Å². The fraction of sp³-hybridized carbons (Fsp3) is 0.389. The molecular weight excluding hydrogens is 410 g/mol. The maximum Gasteiger partial charge on any atom is 0.257 e. The lowest BCUT2D eigenvalue weighted by Crippen LogP contribution is -2.25. The van der Waals surface area contributed by atoms with Crippen molar-refractivity contribution in [3.63, 3.8) is 0 Å². The lowest BCUT2D eigenvalue weighted by molar-refractivity contribution is -0.122. The summed E-state index contributed by atoms with van der Waals surface area (Å²) in [6.07, 6.45) is 0.737. The number of likely N-dealkylation sites (N-methyl/N-ethyl adjacent to an activating group) is 1. The van der Waals surface area contributed by atoms with Crippen molar-refractivity contribution in [2.75, 3.05) is 19.4 Å². The summed E-state index contributed by atoms with van der Waals surface area (Å²) in [7, 11) is -2.40. The van der Waals surface area contributed by atoms with Gasteiger partial charge >= 0.3 is 0 Å². The van der Waals surface area contributed by atoms with Gasteiger partial charge in [0.1, 0.15) is 16.2 Å². The summed E-state index contributed by atoms with van der Waals surface area (Å²) < 4.78 is 30.0. The molecule has 10 heteroatoms. The van der Waals surface area contributed by atoms with Gasteiger partial charge in [0, 0.05) is 25.5 Å². The molecule has 2 rings (SSSR count). The van der Waals surface area contributed by atoms with Gasteiger partial charge < -0.3 is 15.2 Å². The number of ketones is 2. The number of amides is 1. The second-order valence-corrected chi connectivity index (χ2v) is 8.67. The molecular formula is C18H20ClNO7S. The summed E-state index contributed by atoms with van der Waals surface area (Å²) in [6.45, 7) is 0.904. The Bertz CT molecular complexity index is 966. The first kappa shape index (κ1) is 21.9. The summed E-state index contributed by atoms with van der Waals surface area (Å²) in [5, 5.41) is 11.9. The van der Waals surface area contributed by atoms with Crippen LogP contribution in [0.15, 0.2) is 28.4 Å². The molecule has 152 valence electrons. The van der Waals surface area contributed by atoms with E-state index in [1.165, 1.54) is 20.0 Å². The number of halogens is 1. The van der Waals surface area contributed by atoms with Gasteiger partial charge in [-0.15, -0.1) is 0 Å². The third-order valence-electron chi connectivity index (χ3n) is 4.26. The lowest BCUT2D eigenvalue weighted by atomic mass is 9.90. The Morgan fingerprint density at radius 2 is 1.96 bits per heavy atom. The van der Waals surface area contributed by atoms with Crippen LogP contribution in [0.4, 0.5) is 0 Å². The molecule has 1 aromatic carbocycles. The SMILES string of the molecule is CCS(=O)(=O)c1ccc(C(=O)C2=C(O)CCCC2=O)c(Cl)c1OCC(=O)NC. The van der Waals surface area contributed by atoms with Gasteiger partial charge in [-0.25, -0.2) is 8.42 Å². The second-order valence-electron chi connectivity index (χ2n) is 6.05. The molecule has 1 amide bonds. The number of hydrogen-bond donors (Lipinski definition) is 2. The fourth-order valence-electron chi connectivity index (χ4n) is 2.68. The fourth-order valence-corrected chi connectivity index (χ4v) is 4.07. The van der Waals surface area contributed by atoms with E-state index in [0.29, 0.717) is 6.42 Å². The Morgan fingerprint density at radius 1 is 1.29 bits per heavy atom. The number of Topliss-reactive ketones (excluding diaryl/α,β-unsaturated/α-hetero) is 2. The summed E-state index contributed by atoms with van der Waals surface area (Å²) in [5.74, 6) is -2.79. The van der Waals surface area contributed by atoms with Gasteiger partial charge in [-0.1, -0.05) is 18.5 Å². The predicted molar refractivity (Wildman–Crippen MR) is 102 cm³/mol. The Kier molecular flexibility index (Phi) is 6.84. The summed E-state index contributed by atoms with van der Waals surface area (Å²) in [5.41, 5.74) is -0.558. The highest BCUT2D eigenvalue weighted by Crippen LogP contribution is 2.37. The number of nitrogens with one attached hydrogen (secondary N) is 1. The smallest absolute Gasteiger partial charge is 0.257 e. The Balaban J connectivity index is 2.60. The van der Waals surface area contributed by atoms with Crippen LogP contribution in [0.5, 0.6) is 5.75 Å². The largest absolute Gasteiger partial charge is 0.511 e. The van der Waals surface area contributed by atoms with Crippen LogP contribution in [0, 0.1) is 0 Å². The molecule has 0 fully saturated rings. The molecule has 2 N–H and O–H groups in total. The first-order chi connectivity index (χ1) is 13.1. The molecule has 0 heterocycles. The molecule has 0 saturated heterocycles. The normalized spacial score (nSPS) is 14.8. The standard InChI is InChI=1S/C18H20ClNO7S/c1-3-28(25,26)13-8-7-10(16(19)18(13)27-9-14(23)20-2)17(24)15-11(21)5-4-6-12(15)22/h7-8,21H,3-6,9H2,1-2H3,(H,20,23). The number of ether oxygens (including phenoxy) is 1. The van der Waals surface area contributed by atoms with Gasteiger partial charge in [-0.2, -0.15) is 0 Å². The van der Waals surface area contributed by atoms with E-state index in [1.54, 1.807) is 0 Å². The summed E-state index contributed by atoms with van der Waals surface area (Å²) >= 11 is 6.26. The van der Waals surface area contributed by atoms with E-state index in [4.69, 9.17) is 16.3 Å². The maximum absolute atomic E-state index is 12.8. The molecule has 0 aromatic heterocycles. The van der Waals surface area contributed by atoms with Crippen molar-refractivity contribution in [2.24, 2.45) is 0 Å². The molecule has 1 aromatic rings. The molecule has 1 aliphatic carbocycles. The van der Waals surface area contributed by atoms with E-state index in [1.807, 2.05) is 0 Å². The average molecular weight is 430 g/mol. The van der Waals surface area contributed by atoms with Gasteiger partial charge in [0.15, 0.2) is 28.0 Å². The summed E-state index contributed by atoms with van der Waals surface area (Å²) in [4.78, 5) is 36.1.